The predicted octanol–water partition coefficient (Wildman–Crippen LogP) is 3.92. The first-order valence-corrected chi connectivity index (χ1v) is 11.1. The fourth-order valence-corrected chi connectivity index (χ4v) is 4.93. The van der Waals surface area contributed by atoms with Crippen molar-refractivity contribution in [3.05, 3.63) is 63.4 Å². The molecule has 0 saturated carbocycles. The molecule has 3 heterocycles. The third-order valence-electron chi connectivity index (χ3n) is 5.77. The Labute approximate surface area is 184 Å². The lowest BCUT2D eigenvalue weighted by molar-refractivity contribution is 0.0206. The predicted molar refractivity (Wildman–Crippen MR) is 114 cm³/mol. The zero-order valence-corrected chi connectivity index (χ0v) is 18.5. The number of aryl methyl sites for hydroxylation is 2. The number of nitrogens with zero attached hydrogens (tertiary/aromatic N) is 4. The maximum Gasteiger partial charge on any atom is 0.162 e. The summed E-state index contributed by atoms with van der Waals surface area (Å²) < 4.78 is 34.0. The molecule has 0 bridgehead atoms. The Bertz CT molecular complexity index is 1050. The molecule has 6 nitrogen and oxygen atoms in total. The molecule has 1 aliphatic heterocycles. The molecule has 9 heteroatoms. The van der Waals surface area contributed by atoms with E-state index in [2.05, 4.69) is 15.0 Å². The van der Waals surface area contributed by atoms with Gasteiger partial charge in [-0.2, -0.15) is 5.10 Å². The zero-order valence-electron chi connectivity index (χ0n) is 17.6. The van der Waals surface area contributed by atoms with Gasteiger partial charge in [0.1, 0.15) is 23.0 Å². The van der Waals surface area contributed by atoms with E-state index in [1.807, 2.05) is 24.7 Å². The molecule has 0 radical (unpaired) electrons. The second-order valence-electron chi connectivity index (χ2n) is 8.00. The molecule has 0 amide bonds. The second-order valence-corrected chi connectivity index (χ2v) is 9.08. The smallest absolute Gasteiger partial charge is 0.162 e. The van der Waals surface area contributed by atoms with E-state index in [-0.39, 0.29) is 12.4 Å². The number of hydrogen-bond acceptors (Lipinski definition) is 6. The molecule has 2 aromatic heterocycles. The molecular weight excluding hydrogens is 422 g/mol. The average Bonchev–Trinajstić information content (AvgIpc) is 3.26. The van der Waals surface area contributed by atoms with Crippen molar-refractivity contribution in [3.63, 3.8) is 0 Å². The van der Waals surface area contributed by atoms with Gasteiger partial charge in [-0.25, -0.2) is 13.8 Å². The SMILES string of the molecule is Cc1nc([C@@]2(O)CCCN(Cc3ccnn3C)CC2)sc1COc1ccc(F)c(F)c1. The Balaban J connectivity index is 1.41. The topological polar surface area (TPSA) is 63.4 Å². The Morgan fingerprint density at radius 1 is 1.19 bits per heavy atom. The largest absolute Gasteiger partial charge is 0.488 e. The van der Waals surface area contributed by atoms with Crippen molar-refractivity contribution in [2.45, 2.75) is 44.9 Å². The van der Waals surface area contributed by atoms with Crippen LogP contribution in [-0.2, 0) is 25.8 Å². The third-order valence-corrected chi connectivity index (χ3v) is 7.09. The van der Waals surface area contributed by atoms with Gasteiger partial charge in [-0.3, -0.25) is 9.58 Å². The number of aromatic nitrogens is 3. The van der Waals surface area contributed by atoms with Crippen molar-refractivity contribution in [3.8, 4) is 5.75 Å². The Kier molecular flexibility index (Phi) is 6.36. The van der Waals surface area contributed by atoms with Crippen LogP contribution in [-0.4, -0.2) is 37.9 Å². The summed E-state index contributed by atoms with van der Waals surface area (Å²) in [6, 6.07) is 5.48. The van der Waals surface area contributed by atoms with E-state index in [0.717, 1.165) is 54.5 Å². The normalized spacial score (nSPS) is 20.0. The molecule has 31 heavy (non-hydrogen) atoms. The van der Waals surface area contributed by atoms with Gasteiger partial charge in [0.25, 0.3) is 0 Å². The molecule has 1 saturated heterocycles. The van der Waals surface area contributed by atoms with Gasteiger partial charge in [-0.05, 0) is 50.9 Å². The quantitative estimate of drug-likeness (QED) is 0.619. The molecular formula is C22H26F2N4O2S. The number of rotatable bonds is 6. The minimum Gasteiger partial charge on any atom is -0.488 e. The Morgan fingerprint density at radius 3 is 2.77 bits per heavy atom. The van der Waals surface area contributed by atoms with Gasteiger partial charge in [0.05, 0.1) is 16.3 Å². The number of benzene rings is 1. The Morgan fingerprint density at radius 2 is 2.03 bits per heavy atom. The van der Waals surface area contributed by atoms with E-state index in [0.29, 0.717) is 17.8 Å². The third kappa shape index (κ3) is 4.94. The van der Waals surface area contributed by atoms with Crippen LogP contribution in [0.15, 0.2) is 30.5 Å². The highest BCUT2D eigenvalue weighted by Crippen LogP contribution is 2.37. The van der Waals surface area contributed by atoms with Crippen molar-refractivity contribution in [2.75, 3.05) is 13.1 Å². The van der Waals surface area contributed by atoms with Crippen LogP contribution in [0, 0.1) is 18.6 Å². The maximum atomic E-state index is 13.4. The van der Waals surface area contributed by atoms with Crippen molar-refractivity contribution in [1.82, 2.24) is 19.7 Å². The highest BCUT2D eigenvalue weighted by molar-refractivity contribution is 7.11. The molecule has 1 fully saturated rings. The summed E-state index contributed by atoms with van der Waals surface area (Å²) in [5, 5.41) is 16.3. The fraction of sp³-hybridized carbons (Fsp3) is 0.455. The molecule has 166 valence electrons. The molecule has 1 atom stereocenters. The molecule has 1 aromatic carbocycles. The van der Waals surface area contributed by atoms with Crippen LogP contribution in [0.1, 0.15) is 40.5 Å². The number of halogens is 2. The summed E-state index contributed by atoms with van der Waals surface area (Å²) in [6.07, 6.45) is 3.91. The molecule has 3 aromatic rings. The van der Waals surface area contributed by atoms with Crippen molar-refractivity contribution >= 4 is 11.3 Å². The lowest BCUT2D eigenvalue weighted by Crippen LogP contribution is -2.29. The van der Waals surface area contributed by atoms with Crippen molar-refractivity contribution < 1.29 is 18.6 Å². The Hall–Kier alpha value is -2.36. The lowest BCUT2D eigenvalue weighted by Gasteiger charge is -2.24. The number of likely N-dealkylation sites (tertiary alicyclic amines) is 1. The maximum absolute atomic E-state index is 13.4. The minimum atomic E-state index is -0.975. The van der Waals surface area contributed by atoms with Gasteiger partial charge in [0.15, 0.2) is 11.6 Å². The van der Waals surface area contributed by atoms with Gasteiger partial charge in [-0.15, -0.1) is 11.3 Å². The number of aliphatic hydroxyl groups is 1. The minimum absolute atomic E-state index is 0.192. The van der Waals surface area contributed by atoms with Gasteiger partial charge >= 0.3 is 0 Å². The highest BCUT2D eigenvalue weighted by Gasteiger charge is 2.35. The van der Waals surface area contributed by atoms with Gasteiger partial charge in [0, 0.05) is 32.4 Å². The van der Waals surface area contributed by atoms with Crippen LogP contribution in [0.25, 0.3) is 0 Å². The summed E-state index contributed by atoms with van der Waals surface area (Å²) in [7, 11) is 1.94. The van der Waals surface area contributed by atoms with Crippen molar-refractivity contribution in [2.24, 2.45) is 7.05 Å². The van der Waals surface area contributed by atoms with Crippen LogP contribution in [0.2, 0.25) is 0 Å². The monoisotopic (exact) mass is 448 g/mol. The average molecular weight is 449 g/mol. The number of ether oxygens (including phenoxy) is 1. The van der Waals surface area contributed by atoms with E-state index in [9.17, 15) is 13.9 Å². The van der Waals surface area contributed by atoms with Gasteiger partial charge in [0.2, 0.25) is 0 Å². The molecule has 4 rings (SSSR count). The van der Waals surface area contributed by atoms with Crippen LogP contribution < -0.4 is 4.74 Å². The molecule has 0 spiro atoms. The first-order chi connectivity index (χ1) is 14.8. The van der Waals surface area contributed by atoms with E-state index in [1.54, 1.807) is 6.20 Å². The van der Waals surface area contributed by atoms with Crippen LogP contribution in [0.5, 0.6) is 5.75 Å². The van der Waals surface area contributed by atoms with E-state index < -0.39 is 17.2 Å². The van der Waals surface area contributed by atoms with Crippen LogP contribution in [0.4, 0.5) is 8.78 Å². The summed E-state index contributed by atoms with van der Waals surface area (Å²) in [5.41, 5.74) is 0.954. The lowest BCUT2D eigenvalue weighted by atomic mass is 9.96. The summed E-state index contributed by atoms with van der Waals surface area (Å²) in [4.78, 5) is 7.83. The summed E-state index contributed by atoms with van der Waals surface area (Å²) >= 11 is 1.42. The number of hydrogen-bond donors (Lipinski definition) is 1. The van der Waals surface area contributed by atoms with Crippen LogP contribution in [0.3, 0.4) is 0 Å². The molecule has 1 N–H and O–H groups in total. The van der Waals surface area contributed by atoms with E-state index in [4.69, 9.17) is 4.74 Å². The molecule has 1 aliphatic rings. The van der Waals surface area contributed by atoms with Crippen molar-refractivity contribution in [1.29, 1.82) is 0 Å². The second kappa shape index (κ2) is 9.02. The fourth-order valence-electron chi connectivity index (χ4n) is 3.81. The van der Waals surface area contributed by atoms with Gasteiger partial charge < -0.3 is 9.84 Å². The van der Waals surface area contributed by atoms with Crippen LogP contribution >= 0.6 is 11.3 Å². The first-order valence-electron chi connectivity index (χ1n) is 10.3. The highest BCUT2D eigenvalue weighted by atomic mass is 32.1. The molecule has 0 aliphatic carbocycles. The van der Waals surface area contributed by atoms with E-state index in [1.165, 1.54) is 17.4 Å². The first kappa shape index (κ1) is 21.9. The van der Waals surface area contributed by atoms with Gasteiger partial charge in [-0.1, -0.05) is 0 Å². The summed E-state index contributed by atoms with van der Waals surface area (Å²) in [5.74, 6) is -1.59. The zero-order chi connectivity index (χ0) is 22.0. The number of thiazole rings is 1. The standard InChI is InChI=1S/C22H26F2N4O2S/c1-15-20(14-30-17-4-5-18(23)19(24)12-17)31-21(26-15)22(29)7-3-10-28(11-8-22)13-16-6-9-25-27(16)2/h4-6,9,12,29H,3,7-8,10-11,13-14H2,1-2H3/t22-/m1/s1. The van der Waals surface area contributed by atoms with E-state index >= 15 is 0 Å². The molecule has 0 unspecified atom stereocenters. The summed E-state index contributed by atoms with van der Waals surface area (Å²) in [6.45, 7) is 4.54.